The van der Waals surface area contributed by atoms with Crippen molar-refractivity contribution in [2.75, 3.05) is 0 Å². The minimum Gasteiger partial charge on any atom is -0.225 e. The highest BCUT2D eigenvalue weighted by molar-refractivity contribution is 5.63. The molecule has 0 aliphatic carbocycles. The average Bonchev–Trinajstić information content (AvgIpc) is 2.74. The molecule has 0 aliphatic heterocycles. The fourth-order valence-electron chi connectivity index (χ4n) is 1.50. The maximum atomic E-state index is 4.37. The van der Waals surface area contributed by atoms with Gasteiger partial charge in [-0.1, -0.05) is 30.3 Å². The average molecular weight is 196 g/mol. The summed E-state index contributed by atoms with van der Waals surface area (Å²) >= 11 is 0. The summed E-state index contributed by atoms with van der Waals surface area (Å²) in [5.41, 5.74) is 2.81. The zero-order chi connectivity index (χ0) is 10.1. The Morgan fingerprint density at radius 1 is 1.07 bits per heavy atom. The van der Waals surface area contributed by atoms with E-state index < -0.39 is 0 Å². The normalized spacial score (nSPS) is 10.7. The van der Waals surface area contributed by atoms with Crippen molar-refractivity contribution in [3.05, 3.63) is 49.1 Å². The van der Waals surface area contributed by atoms with Gasteiger partial charge in [0.2, 0.25) is 0 Å². The Hall–Kier alpha value is -2.23. The largest absolute Gasteiger partial charge is 0.225 e. The van der Waals surface area contributed by atoms with Gasteiger partial charge in [0.25, 0.3) is 0 Å². The molecule has 15 heavy (non-hydrogen) atoms. The molecular formula is C11H8N4. The number of benzene rings is 1. The molecular weight excluding hydrogens is 188 g/mol. The molecule has 0 bridgehead atoms. The van der Waals surface area contributed by atoms with Crippen molar-refractivity contribution in [2.24, 2.45) is 0 Å². The molecule has 0 spiro atoms. The van der Waals surface area contributed by atoms with Gasteiger partial charge < -0.3 is 0 Å². The monoisotopic (exact) mass is 196 g/mol. The summed E-state index contributed by atoms with van der Waals surface area (Å²) in [5.74, 6) is 0. The quantitative estimate of drug-likeness (QED) is 0.596. The van der Waals surface area contributed by atoms with Crippen molar-refractivity contribution in [2.45, 2.75) is 0 Å². The number of hydrogen-bond donors (Lipinski definition) is 0. The Kier molecular flexibility index (Phi) is 1.71. The maximum absolute atomic E-state index is 4.37. The van der Waals surface area contributed by atoms with Gasteiger partial charge in [-0.05, 0) is 0 Å². The third-order valence-corrected chi connectivity index (χ3v) is 2.22. The summed E-state index contributed by atoms with van der Waals surface area (Å²) in [6, 6.07) is 12.0. The molecule has 2 aromatic heterocycles. The second kappa shape index (κ2) is 3.16. The van der Waals surface area contributed by atoms with Crippen molar-refractivity contribution >= 4 is 5.65 Å². The molecule has 0 unspecified atom stereocenters. The second-order valence-electron chi connectivity index (χ2n) is 3.21. The van der Waals surface area contributed by atoms with Crippen LogP contribution >= 0.6 is 0 Å². The van der Waals surface area contributed by atoms with Crippen LogP contribution in [-0.2, 0) is 0 Å². The molecule has 2 heterocycles. The van der Waals surface area contributed by atoms with E-state index in [1.165, 1.54) is 6.33 Å². The van der Waals surface area contributed by atoms with Crippen LogP contribution in [-0.4, -0.2) is 19.6 Å². The smallest absolute Gasteiger partial charge is 0.159 e. The van der Waals surface area contributed by atoms with E-state index in [1.54, 1.807) is 10.8 Å². The van der Waals surface area contributed by atoms with Crippen LogP contribution in [0.25, 0.3) is 16.9 Å². The zero-order valence-electron chi connectivity index (χ0n) is 7.91. The SMILES string of the molecule is c1ccc(-c2cc3ncncn3n2)cc1. The molecule has 0 amide bonds. The predicted molar refractivity (Wildman–Crippen MR) is 56.2 cm³/mol. The molecule has 4 nitrogen and oxygen atoms in total. The summed E-state index contributed by atoms with van der Waals surface area (Å²) < 4.78 is 1.67. The van der Waals surface area contributed by atoms with Crippen LogP contribution in [0.4, 0.5) is 0 Å². The third-order valence-electron chi connectivity index (χ3n) is 2.22. The van der Waals surface area contributed by atoms with Gasteiger partial charge in [0.15, 0.2) is 5.65 Å². The Morgan fingerprint density at radius 3 is 2.73 bits per heavy atom. The second-order valence-corrected chi connectivity index (χ2v) is 3.21. The fraction of sp³-hybridized carbons (Fsp3) is 0. The van der Waals surface area contributed by atoms with E-state index in [1.807, 2.05) is 36.4 Å². The van der Waals surface area contributed by atoms with Crippen molar-refractivity contribution < 1.29 is 0 Å². The van der Waals surface area contributed by atoms with Crippen molar-refractivity contribution in [3.8, 4) is 11.3 Å². The first kappa shape index (κ1) is 8.11. The molecule has 0 aliphatic rings. The number of fused-ring (bicyclic) bond motifs is 1. The van der Waals surface area contributed by atoms with Crippen LogP contribution < -0.4 is 0 Å². The molecule has 72 valence electrons. The van der Waals surface area contributed by atoms with Crippen LogP contribution in [0.2, 0.25) is 0 Å². The van der Waals surface area contributed by atoms with Gasteiger partial charge in [-0.2, -0.15) is 5.10 Å². The van der Waals surface area contributed by atoms with E-state index in [0.29, 0.717) is 0 Å². The first-order valence-electron chi connectivity index (χ1n) is 4.64. The summed E-state index contributed by atoms with van der Waals surface area (Å²) in [5, 5.41) is 4.37. The van der Waals surface area contributed by atoms with Gasteiger partial charge in [0.1, 0.15) is 12.7 Å². The lowest BCUT2D eigenvalue weighted by atomic mass is 10.2. The minimum absolute atomic E-state index is 0.809. The van der Waals surface area contributed by atoms with E-state index in [4.69, 9.17) is 0 Å². The van der Waals surface area contributed by atoms with Crippen LogP contribution in [0.1, 0.15) is 0 Å². The lowest BCUT2D eigenvalue weighted by Crippen LogP contribution is -1.89. The molecule has 4 heteroatoms. The van der Waals surface area contributed by atoms with Crippen LogP contribution in [0.15, 0.2) is 49.1 Å². The molecule has 1 aromatic carbocycles. The Labute approximate surface area is 86.2 Å². The van der Waals surface area contributed by atoms with Gasteiger partial charge in [-0.25, -0.2) is 14.5 Å². The topological polar surface area (TPSA) is 43.1 Å². The maximum Gasteiger partial charge on any atom is 0.159 e. The number of nitrogens with zero attached hydrogens (tertiary/aromatic N) is 4. The standard InChI is InChI=1S/C11H8N4/c1-2-4-9(5-3-1)10-6-11-13-7-12-8-15(11)14-10/h1-8H. The molecule has 0 fully saturated rings. The van der Waals surface area contributed by atoms with Crippen molar-refractivity contribution in [1.82, 2.24) is 19.6 Å². The first-order valence-corrected chi connectivity index (χ1v) is 4.64. The minimum atomic E-state index is 0.809. The molecule has 0 radical (unpaired) electrons. The Bertz CT molecular complexity index is 553. The number of hydrogen-bond acceptors (Lipinski definition) is 3. The van der Waals surface area contributed by atoms with Crippen molar-refractivity contribution in [3.63, 3.8) is 0 Å². The fourth-order valence-corrected chi connectivity index (χ4v) is 1.50. The van der Waals surface area contributed by atoms with E-state index >= 15 is 0 Å². The zero-order valence-corrected chi connectivity index (χ0v) is 7.91. The van der Waals surface area contributed by atoms with Gasteiger partial charge in [-0.15, -0.1) is 0 Å². The van der Waals surface area contributed by atoms with Gasteiger partial charge in [0, 0.05) is 11.6 Å². The van der Waals surface area contributed by atoms with Crippen LogP contribution in [0, 0.1) is 0 Å². The number of aromatic nitrogens is 4. The molecule has 3 rings (SSSR count). The molecule has 0 saturated carbocycles. The molecule has 0 saturated heterocycles. The summed E-state index contributed by atoms with van der Waals surface area (Å²) in [4.78, 5) is 8.03. The summed E-state index contributed by atoms with van der Waals surface area (Å²) in [6.07, 6.45) is 3.17. The summed E-state index contributed by atoms with van der Waals surface area (Å²) in [7, 11) is 0. The van der Waals surface area contributed by atoms with Crippen LogP contribution in [0.5, 0.6) is 0 Å². The van der Waals surface area contributed by atoms with Crippen LogP contribution in [0.3, 0.4) is 0 Å². The molecule has 0 atom stereocenters. The first-order chi connectivity index (χ1) is 7.43. The lowest BCUT2D eigenvalue weighted by Gasteiger charge is -1.92. The highest BCUT2D eigenvalue weighted by Crippen LogP contribution is 2.17. The van der Waals surface area contributed by atoms with E-state index in [-0.39, 0.29) is 0 Å². The highest BCUT2D eigenvalue weighted by atomic mass is 15.3. The van der Waals surface area contributed by atoms with E-state index in [9.17, 15) is 0 Å². The lowest BCUT2D eigenvalue weighted by molar-refractivity contribution is 0.894. The number of rotatable bonds is 1. The predicted octanol–water partition coefficient (Wildman–Crippen LogP) is 1.79. The van der Waals surface area contributed by atoms with Crippen molar-refractivity contribution in [1.29, 1.82) is 0 Å². The Morgan fingerprint density at radius 2 is 1.93 bits per heavy atom. The molecule has 0 N–H and O–H groups in total. The highest BCUT2D eigenvalue weighted by Gasteiger charge is 2.03. The van der Waals surface area contributed by atoms with E-state index in [0.717, 1.165) is 16.9 Å². The van der Waals surface area contributed by atoms with Gasteiger partial charge in [0.05, 0.1) is 5.69 Å². The van der Waals surface area contributed by atoms with Gasteiger partial charge >= 0.3 is 0 Å². The van der Waals surface area contributed by atoms with E-state index in [2.05, 4.69) is 15.1 Å². The summed E-state index contributed by atoms with van der Waals surface area (Å²) in [6.45, 7) is 0. The Balaban J connectivity index is 2.21. The van der Waals surface area contributed by atoms with Gasteiger partial charge in [-0.3, -0.25) is 0 Å². The third kappa shape index (κ3) is 1.36. The molecule has 3 aromatic rings.